The van der Waals surface area contributed by atoms with Gasteiger partial charge in [0.2, 0.25) is 0 Å². The van der Waals surface area contributed by atoms with E-state index in [1.165, 1.54) is 4.88 Å². The molecule has 1 unspecified atom stereocenters. The van der Waals surface area contributed by atoms with E-state index in [1.54, 1.807) is 11.3 Å². The maximum absolute atomic E-state index is 12.4. The van der Waals surface area contributed by atoms with Crippen LogP contribution in [0, 0.1) is 6.92 Å². The van der Waals surface area contributed by atoms with E-state index >= 15 is 0 Å². The Hall–Kier alpha value is -1.63. The number of thiophene rings is 1. The van der Waals surface area contributed by atoms with Gasteiger partial charge in [0.25, 0.3) is 5.91 Å². The summed E-state index contributed by atoms with van der Waals surface area (Å²) in [5, 5.41) is 3.07. The summed E-state index contributed by atoms with van der Waals surface area (Å²) in [4.78, 5) is 16.7. The zero-order valence-electron chi connectivity index (χ0n) is 14.2. The highest BCUT2D eigenvalue weighted by atomic mass is 32.1. The van der Waals surface area contributed by atoms with Gasteiger partial charge in [-0.25, -0.2) is 0 Å². The Labute approximate surface area is 146 Å². The normalized spacial score (nSPS) is 16.9. The van der Waals surface area contributed by atoms with Crippen LogP contribution >= 0.6 is 11.3 Å². The molecule has 1 fully saturated rings. The third-order valence-electron chi connectivity index (χ3n) is 4.27. The van der Waals surface area contributed by atoms with Crippen molar-refractivity contribution in [2.75, 3.05) is 32.8 Å². The number of hydrogen-bond acceptors (Lipinski definition) is 5. The molecule has 1 aliphatic heterocycles. The molecule has 1 N–H and O–H groups in total. The average molecular weight is 348 g/mol. The van der Waals surface area contributed by atoms with E-state index in [4.69, 9.17) is 9.15 Å². The molecule has 1 amide bonds. The first-order chi connectivity index (χ1) is 11.7. The monoisotopic (exact) mass is 348 g/mol. The first kappa shape index (κ1) is 17.2. The van der Waals surface area contributed by atoms with Crippen LogP contribution in [-0.2, 0) is 11.2 Å². The Morgan fingerprint density at radius 2 is 2.08 bits per heavy atom. The van der Waals surface area contributed by atoms with Crippen LogP contribution in [0.15, 0.2) is 28.7 Å². The lowest BCUT2D eigenvalue weighted by Gasteiger charge is -2.33. The van der Waals surface area contributed by atoms with Crippen LogP contribution in [0.2, 0.25) is 0 Å². The molecule has 2 aromatic rings. The third-order valence-corrected chi connectivity index (χ3v) is 5.49. The molecule has 2 aromatic heterocycles. The van der Waals surface area contributed by atoms with Crippen LogP contribution < -0.4 is 5.32 Å². The van der Waals surface area contributed by atoms with Gasteiger partial charge in [0.05, 0.1) is 24.1 Å². The number of nitrogens with one attached hydrogen (secondary N) is 1. The lowest BCUT2D eigenvalue weighted by Crippen LogP contribution is -2.43. The number of carbonyl (C=O) groups excluding carboxylic acids is 1. The second-order valence-corrected chi connectivity index (χ2v) is 7.11. The van der Waals surface area contributed by atoms with E-state index in [0.717, 1.165) is 49.1 Å². The predicted octanol–water partition coefficient (Wildman–Crippen LogP) is 3.02. The molecular formula is C18H24N2O3S. The summed E-state index contributed by atoms with van der Waals surface area (Å²) in [6.45, 7) is 7.70. The fourth-order valence-electron chi connectivity index (χ4n) is 2.90. The predicted molar refractivity (Wildman–Crippen MR) is 94.6 cm³/mol. The minimum absolute atomic E-state index is 0.0127. The van der Waals surface area contributed by atoms with Crippen molar-refractivity contribution in [1.29, 1.82) is 0 Å². The van der Waals surface area contributed by atoms with Gasteiger partial charge in [-0.1, -0.05) is 6.92 Å². The second kappa shape index (κ2) is 7.96. The number of furan rings is 1. The molecule has 6 heteroatoms. The SMILES string of the molecule is CCc1ccc(C(=O)NCC(c2ccc(C)o2)N2CCOCC2)s1. The first-order valence-electron chi connectivity index (χ1n) is 8.42. The molecule has 24 heavy (non-hydrogen) atoms. The van der Waals surface area contributed by atoms with E-state index in [9.17, 15) is 4.79 Å². The summed E-state index contributed by atoms with van der Waals surface area (Å²) >= 11 is 1.56. The van der Waals surface area contributed by atoms with Crippen molar-refractivity contribution in [3.8, 4) is 0 Å². The molecule has 0 spiro atoms. The van der Waals surface area contributed by atoms with Crippen LogP contribution in [0.25, 0.3) is 0 Å². The van der Waals surface area contributed by atoms with Gasteiger partial charge in [-0.15, -0.1) is 11.3 Å². The molecule has 1 saturated heterocycles. The van der Waals surface area contributed by atoms with Gasteiger partial charge in [-0.3, -0.25) is 9.69 Å². The summed E-state index contributed by atoms with van der Waals surface area (Å²) in [6, 6.07) is 7.94. The number of aryl methyl sites for hydroxylation is 2. The Bertz CT molecular complexity index is 673. The number of rotatable bonds is 6. The molecule has 0 radical (unpaired) electrons. The van der Waals surface area contributed by atoms with Gasteiger partial charge in [-0.05, 0) is 37.6 Å². The zero-order chi connectivity index (χ0) is 16.9. The van der Waals surface area contributed by atoms with Crippen molar-refractivity contribution in [3.63, 3.8) is 0 Å². The van der Waals surface area contributed by atoms with Gasteiger partial charge in [0.1, 0.15) is 11.5 Å². The average Bonchev–Trinajstić information content (AvgIpc) is 3.25. The Morgan fingerprint density at radius 3 is 2.71 bits per heavy atom. The first-order valence-corrected chi connectivity index (χ1v) is 9.24. The van der Waals surface area contributed by atoms with E-state index in [0.29, 0.717) is 6.54 Å². The Balaban J connectivity index is 1.68. The van der Waals surface area contributed by atoms with Crippen molar-refractivity contribution < 1.29 is 13.9 Å². The fraction of sp³-hybridized carbons (Fsp3) is 0.500. The van der Waals surface area contributed by atoms with Gasteiger partial charge in [0, 0.05) is 24.5 Å². The highest BCUT2D eigenvalue weighted by molar-refractivity contribution is 7.14. The molecule has 1 aliphatic rings. The molecule has 0 aromatic carbocycles. The summed E-state index contributed by atoms with van der Waals surface area (Å²) in [7, 11) is 0. The fourth-order valence-corrected chi connectivity index (χ4v) is 3.76. The maximum Gasteiger partial charge on any atom is 0.261 e. The Kier molecular flexibility index (Phi) is 5.71. The minimum atomic E-state index is -0.0127. The van der Waals surface area contributed by atoms with Crippen LogP contribution in [0.1, 0.15) is 39.0 Å². The van der Waals surface area contributed by atoms with E-state index in [1.807, 2.05) is 31.2 Å². The lowest BCUT2D eigenvalue weighted by molar-refractivity contribution is 0.0117. The number of amides is 1. The summed E-state index contributed by atoms with van der Waals surface area (Å²) in [6.07, 6.45) is 0.958. The molecular weight excluding hydrogens is 324 g/mol. The molecule has 0 bridgehead atoms. The van der Waals surface area contributed by atoms with Gasteiger partial charge in [0.15, 0.2) is 0 Å². The van der Waals surface area contributed by atoms with Crippen LogP contribution in [0.4, 0.5) is 0 Å². The van der Waals surface area contributed by atoms with Crippen molar-refractivity contribution in [2.24, 2.45) is 0 Å². The number of hydrogen-bond donors (Lipinski definition) is 1. The van der Waals surface area contributed by atoms with Gasteiger partial charge in [-0.2, -0.15) is 0 Å². The molecule has 3 rings (SSSR count). The standard InChI is InChI=1S/C18H24N2O3S/c1-3-14-5-7-17(24-14)18(21)19-12-15(16-6-4-13(2)23-16)20-8-10-22-11-9-20/h4-7,15H,3,8-12H2,1-2H3,(H,19,21). The zero-order valence-corrected chi connectivity index (χ0v) is 15.0. The Morgan fingerprint density at radius 1 is 1.29 bits per heavy atom. The summed E-state index contributed by atoms with van der Waals surface area (Å²) < 4.78 is 11.3. The maximum atomic E-state index is 12.4. The third kappa shape index (κ3) is 4.06. The minimum Gasteiger partial charge on any atom is -0.465 e. The van der Waals surface area contributed by atoms with Crippen molar-refractivity contribution in [2.45, 2.75) is 26.3 Å². The molecule has 130 valence electrons. The molecule has 5 nitrogen and oxygen atoms in total. The van der Waals surface area contributed by atoms with Gasteiger partial charge >= 0.3 is 0 Å². The van der Waals surface area contributed by atoms with Crippen LogP contribution in [0.5, 0.6) is 0 Å². The highest BCUT2D eigenvalue weighted by Gasteiger charge is 2.26. The summed E-state index contributed by atoms with van der Waals surface area (Å²) in [5.41, 5.74) is 0. The molecule has 0 saturated carbocycles. The lowest BCUT2D eigenvalue weighted by atomic mass is 10.1. The molecule has 0 aliphatic carbocycles. The molecule has 1 atom stereocenters. The van der Waals surface area contributed by atoms with Crippen molar-refractivity contribution >= 4 is 17.2 Å². The topological polar surface area (TPSA) is 54.7 Å². The van der Waals surface area contributed by atoms with Crippen LogP contribution in [0.3, 0.4) is 0 Å². The number of ether oxygens (including phenoxy) is 1. The smallest absolute Gasteiger partial charge is 0.261 e. The molecule has 3 heterocycles. The van der Waals surface area contributed by atoms with Crippen LogP contribution in [-0.4, -0.2) is 43.7 Å². The number of carbonyl (C=O) groups is 1. The summed E-state index contributed by atoms with van der Waals surface area (Å²) in [5.74, 6) is 1.77. The van der Waals surface area contributed by atoms with E-state index in [-0.39, 0.29) is 11.9 Å². The van der Waals surface area contributed by atoms with Crippen molar-refractivity contribution in [3.05, 3.63) is 45.5 Å². The quantitative estimate of drug-likeness (QED) is 0.872. The van der Waals surface area contributed by atoms with Crippen molar-refractivity contribution in [1.82, 2.24) is 10.2 Å². The number of nitrogens with zero attached hydrogens (tertiary/aromatic N) is 1. The largest absolute Gasteiger partial charge is 0.465 e. The second-order valence-electron chi connectivity index (χ2n) is 5.94. The van der Waals surface area contributed by atoms with E-state index < -0.39 is 0 Å². The number of morpholine rings is 1. The van der Waals surface area contributed by atoms with E-state index in [2.05, 4.69) is 17.1 Å². The van der Waals surface area contributed by atoms with Gasteiger partial charge < -0.3 is 14.5 Å². The highest BCUT2D eigenvalue weighted by Crippen LogP contribution is 2.24.